The Bertz CT molecular complexity index is 355. The molecular weight excluding hydrogens is 252 g/mol. The number of carbonyl (C=O) groups is 1. The largest absolute Gasteiger partial charge is 0.465 e. The summed E-state index contributed by atoms with van der Waals surface area (Å²) in [5.74, 6) is -0.570. The van der Waals surface area contributed by atoms with Gasteiger partial charge in [-0.15, -0.1) is 11.8 Å². The Labute approximate surface area is 109 Å². The summed E-state index contributed by atoms with van der Waals surface area (Å²) in [7, 11) is 1.91. The van der Waals surface area contributed by atoms with Crippen LogP contribution >= 0.6 is 11.8 Å². The smallest absolute Gasteiger partial charge is 0.351 e. The van der Waals surface area contributed by atoms with E-state index in [1.807, 2.05) is 24.3 Å². The maximum Gasteiger partial charge on any atom is 0.351 e. The summed E-state index contributed by atoms with van der Waals surface area (Å²) in [6.07, 6.45) is 2.75. The minimum Gasteiger partial charge on any atom is -0.465 e. The number of hydrogen-bond donors (Lipinski definition) is 0. The standard InChI is InChI=1S/C11H20N2O2SSi/c1-13(8-17(4,5)6)10(16-3)9(7-12)11(14)15-2/h8H2,1-6H3/b10-9-. The van der Waals surface area contributed by atoms with Gasteiger partial charge in [0.2, 0.25) is 0 Å². The monoisotopic (exact) mass is 272 g/mol. The average Bonchev–Trinajstić information content (AvgIpc) is 2.21. The van der Waals surface area contributed by atoms with Crippen LogP contribution in [-0.4, -0.2) is 45.5 Å². The van der Waals surface area contributed by atoms with Crippen molar-refractivity contribution in [2.24, 2.45) is 0 Å². The second kappa shape index (κ2) is 6.72. The van der Waals surface area contributed by atoms with Crippen LogP contribution in [0.4, 0.5) is 0 Å². The molecule has 0 aliphatic carbocycles. The fourth-order valence-corrected chi connectivity index (χ4v) is 3.92. The van der Waals surface area contributed by atoms with E-state index < -0.39 is 14.0 Å². The molecule has 0 aromatic carbocycles. The van der Waals surface area contributed by atoms with Crippen molar-refractivity contribution < 1.29 is 9.53 Å². The molecule has 0 rings (SSSR count). The first kappa shape index (κ1) is 16.1. The minimum absolute atomic E-state index is 0.0840. The van der Waals surface area contributed by atoms with Crippen LogP contribution in [0.15, 0.2) is 10.6 Å². The molecule has 0 fully saturated rings. The molecule has 96 valence electrons. The summed E-state index contributed by atoms with van der Waals surface area (Å²) in [6, 6.07) is 1.93. The molecule has 0 aliphatic rings. The highest BCUT2D eigenvalue weighted by Crippen LogP contribution is 2.22. The average molecular weight is 272 g/mol. The van der Waals surface area contributed by atoms with Gasteiger partial charge in [-0.3, -0.25) is 0 Å². The fraction of sp³-hybridized carbons (Fsp3) is 0.636. The van der Waals surface area contributed by atoms with Crippen molar-refractivity contribution in [3.8, 4) is 6.07 Å². The van der Waals surface area contributed by atoms with E-state index in [0.29, 0.717) is 5.03 Å². The van der Waals surface area contributed by atoms with Gasteiger partial charge in [0.25, 0.3) is 0 Å². The van der Waals surface area contributed by atoms with Crippen molar-refractivity contribution in [3.63, 3.8) is 0 Å². The zero-order valence-corrected chi connectivity index (χ0v) is 13.1. The maximum absolute atomic E-state index is 11.5. The van der Waals surface area contributed by atoms with Crippen molar-refractivity contribution in [1.29, 1.82) is 5.26 Å². The molecule has 0 N–H and O–H groups in total. The van der Waals surface area contributed by atoms with Gasteiger partial charge in [0.05, 0.1) is 20.2 Å². The van der Waals surface area contributed by atoms with Crippen LogP contribution < -0.4 is 0 Å². The summed E-state index contributed by atoms with van der Waals surface area (Å²) in [4.78, 5) is 13.5. The fourth-order valence-electron chi connectivity index (χ4n) is 1.51. The molecule has 0 radical (unpaired) electrons. The van der Waals surface area contributed by atoms with Gasteiger partial charge in [0.1, 0.15) is 6.07 Å². The predicted octanol–water partition coefficient (Wildman–Crippen LogP) is 2.07. The SMILES string of the molecule is COC(=O)/C(C#N)=C(\SC)N(C)C[Si](C)(C)C. The number of rotatable bonds is 5. The number of ether oxygens (including phenoxy) is 1. The van der Waals surface area contributed by atoms with E-state index in [1.165, 1.54) is 18.9 Å². The number of methoxy groups -OCH3 is 1. The highest BCUT2D eigenvalue weighted by atomic mass is 32.2. The molecule has 0 atom stereocenters. The quantitative estimate of drug-likeness (QED) is 0.332. The molecule has 0 bridgehead atoms. The molecule has 0 unspecified atom stereocenters. The number of nitrogens with zero attached hydrogens (tertiary/aromatic N) is 2. The highest BCUT2D eigenvalue weighted by Gasteiger charge is 2.22. The molecule has 0 aromatic heterocycles. The zero-order valence-electron chi connectivity index (χ0n) is 11.3. The van der Waals surface area contributed by atoms with E-state index in [-0.39, 0.29) is 5.57 Å². The second-order valence-corrected chi connectivity index (χ2v) is 11.1. The third-order valence-electron chi connectivity index (χ3n) is 1.97. The molecule has 6 heteroatoms. The predicted molar refractivity (Wildman–Crippen MR) is 74.1 cm³/mol. The zero-order chi connectivity index (χ0) is 13.6. The van der Waals surface area contributed by atoms with Gasteiger partial charge >= 0.3 is 5.97 Å². The molecule has 0 heterocycles. The van der Waals surface area contributed by atoms with Crippen molar-refractivity contribution in [1.82, 2.24) is 4.90 Å². The van der Waals surface area contributed by atoms with Gasteiger partial charge in [-0.1, -0.05) is 19.6 Å². The van der Waals surface area contributed by atoms with E-state index in [9.17, 15) is 4.79 Å². The summed E-state index contributed by atoms with van der Waals surface area (Å²) < 4.78 is 4.62. The van der Waals surface area contributed by atoms with Crippen molar-refractivity contribution in [3.05, 3.63) is 10.6 Å². The van der Waals surface area contributed by atoms with Crippen LogP contribution in [0.5, 0.6) is 0 Å². The topological polar surface area (TPSA) is 53.3 Å². The Hall–Kier alpha value is -0.933. The first-order valence-corrected chi connectivity index (χ1v) is 10.2. The molecule has 17 heavy (non-hydrogen) atoms. The van der Waals surface area contributed by atoms with Gasteiger partial charge in [-0.25, -0.2) is 4.79 Å². The van der Waals surface area contributed by atoms with Gasteiger partial charge in [-0.05, 0) is 6.26 Å². The lowest BCUT2D eigenvalue weighted by Crippen LogP contribution is -2.37. The van der Waals surface area contributed by atoms with E-state index in [1.54, 1.807) is 0 Å². The van der Waals surface area contributed by atoms with E-state index in [4.69, 9.17) is 5.26 Å². The molecular formula is C11H20N2O2SSi. The second-order valence-electron chi connectivity index (χ2n) is 4.90. The first-order chi connectivity index (χ1) is 7.76. The van der Waals surface area contributed by atoms with Gasteiger partial charge in [0.15, 0.2) is 5.57 Å². The summed E-state index contributed by atoms with van der Waals surface area (Å²) >= 11 is 1.40. The van der Waals surface area contributed by atoms with Crippen molar-refractivity contribution >= 4 is 25.8 Å². The maximum atomic E-state index is 11.5. The summed E-state index contributed by atoms with van der Waals surface area (Å²) in [5, 5.41) is 9.72. The van der Waals surface area contributed by atoms with E-state index in [2.05, 4.69) is 24.4 Å². The highest BCUT2D eigenvalue weighted by molar-refractivity contribution is 8.02. The third-order valence-corrected chi connectivity index (χ3v) is 4.29. The van der Waals surface area contributed by atoms with E-state index >= 15 is 0 Å². The van der Waals surface area contributed by atoms with E-state index in [0.717, 1.165) is 6.17 Å². The Morgan fingerprint density at radius 1 is 1.47 bits per heavy atom. The van der Waals surface area contributed by atoms with Crippen LogP contribution in [0.25, 0.3) is 0 Å². The minimum atomic E-state index is -1.29. The molecule has 0 spiro atoms. The lowest BCUT2D eigenvalue weighted by atomic mass is 10.3. The molecule has 0 saturated carbocycles. The lowest BCUT2D eigenvalue weighted by Gasteiger charge is -2.28. The summed E-state index contributed by atoms with van der Waals surface area (Å²) in [5.41, 5.74) is 0.0840. The Balaban J connectivity index is 5.23. The third kappa shape index (κ3) is 5.28. The Morgan fingerprint density at radius 3 is 2.29 bits per heavy atom. The van der Waals surface area contributed by atoms with Crippen LogP contribution in [0.1, 0.15) is 0 Å². The van der Waals surface area contributed by atoms with Crippen molar-refractivity contribution in [2.45, 2.75) is 19.6 Å². The molecule has 0 amide bonds. The molecule has 0 aliphatic heterocycles. The number of esters is 1. The number of nitriles is 1. The number of thioether (sulfide) groups is 1. The van der Waals surface area contributed by atoms with Gasteiger partial charge in [-0.2, -0.15) is 5.26 Å². The van der Waals surface area contributed by atoms with Gasteiger partial charge in [0, 0.05) is 13.2 Å². The van der Waals surface area contributed by atoms with Crippen LogP contribution in [0.2, 0.25) is 19.6 Å². The first-order valence-electron chi connectivity index (χ1n) is 5.24. The van der Waals surface area contributed by atoms with Gasteiger partial charge < -0.3 is 9.64 Å². The Kier molecular flexibility index (Phi) is 6.35. The Morgan fingerprint density at radius 2 is 2.00 bits per heavy atom. The van der Waals surface area contributed by atoms with Crippen LogP contribution in [-0.2, 0) is 9.53 Å². The number of carbonyl (C=O) groups excluding carboxylic acids is 1. The normalized spacial score (nSPS) is 12.5. The molecule has 4 nitrogen and oxygen atoms in total. The molecule has 0 saturated heterocycles. The van der Waals surface area contributed by atoms with Crippen LogP contribution in [0, 0.1) is 11.3 Å². The van der Waals surface area contributed by atoms with Crippen LogP contribution in [0.3, 0.4) is 0 Å². The number of hydrogen-bond acceptors (Lipinski definition) is 5. The lowest BCUT2D eigenvalue weighted by molar-refractivity contribution is -0.135. The summed E-state index contributed by atoms with van der Waals surface area (Å²) in [6.45, 7) is 6.73. The van der Waals surface area contributed by atoms with Crippen molar-refractivity contribution in [2.75, 3.05) is 26.6 Å². The molecule has 0 aromatic rings.